The number of hydrogen-bond acceptors (Lipinski definition) is 2. The molecule has 3 aromatic rings. The summed E-state index contributed by atoms with van der Waals surface area (Å²) in [4.78, 5) is 8.74. The van der Waals surface area contributed by atoms with Crippen LogP contribution in [-0.4, -0.2) is 9.97 Å². The second kappa shape index (κ2) is 5.50. The molecule has 1 spiro atoms. The zero-order chi connectivity index (χ0) is 17.7. The SMILES string of the molecule is C=c1nccn/c1=C/C1=C(C)CC2(C1)c1ccccc1-c1ccccc12. The third kappa shape index (κ3) is 2.05. The lowest BCUT2D eigenvalue weighted by Crippen LogP contribution is -2.29. The number of nitrogens with zero attached hydrogens (tertiary/aromatic N) is 2. The predicted octanol–water partition coefficient (Wildman–Crippen LogP) is 3.74. The molecule has 5 rings (SSSR count). The zero-order valence-electron chi connectivity index (χ0n) is 14.9. The first-order valence-electron chi connectivity index (χ1n) is 9.05. The Morgan fingerprint density at radius 3 is 2.15 bits per heavy atom. The van der Waals surface area contributed by atoms with Crippen LogP contribution in [0.15, 0.2) is 72.1 Å². The summed E-state index contributed by atoms with van der Waals surface area (Å²) < 4.78 is 0. The standard InChI is InChI=1S/C24H20N2/c1-16-14-24(15-18(16)13-23-17(2)25-11-12-26-23)21-9-5-3-7-19(21)20-8-4-6-10-22(20)24/h3-13H,2,14-15H2,1H3/b23-13+. The Morgan fingerprint density at radius 2 is 1.50 bits per heavy atom. The Kier molecular flexibility index (Phi) is 3.23. The summed E-state index contributed by atoms with van der Waals surface area (Å²) in [6, 6.07) is 17.8. The van der Waals surface area contributed by atoms with Crippen molar-refractivity contribution in [1.29, 1.82) is 0 Å². The van der Waals surface area contributed by atoms with Gasteiger partial charge in [0.2, 0.25) is 0 Å². The van der Waals surface area contributed by atoms with Gasteiger partial charge in [-0.05, 0) is 53.7 Å². The van der Waals surface area contributed by atoms with Crippen LogP contribution >= 0.6 is 0 Å². The molecule has 2 heteroatoms. The number of hydrogen-bond donors (Lipinski definition) is 0. The maximum absolute atomic E-state index is 4.47. The van der Waals surface area contributed by atoms with Crippen molar-refractivity contribution in [2.75, 3.05) is 0 Å². The molecule has 0 amide bonds. The van der Waals surface area contributed by atoms with E-state index in [0.717, 1.165) is 23.5 Å². The summed E-state index contributed by atoms with van der Waals surface area (Å²) in [6.07, 6.45) is 7.67. The summed E-state index contributed by atoms with van der Waals surface area (Å²) in [6.45, 7) is 6.27. The van der Waals surface area contributed by atoms with Gasteiger partial charge in [-0.15, -0.1) is 0 Å². The minimum Gasteiger partial charge on any atom is -0.254 e. The van der Waals surface area contributed by atoms with E-state index >= 15 is 0 Å². The molecule has 0 bridgehead atoms. The molecule has 0 aliphatic heterocycles. The van der Waals surface area contributed by atoms with E-state index in [1.807, 2.05) is 0 Å². The first-order chi connectivity index (χ1) is 12.7. The van der Waals surface area contributed by atoms with Crippen molar-refractivity contribution in [1.82, 2.24) is 9.97 Å². The maximum atomic E-state index is 4.47. The fraction of sp³-hybridized carbons (Fsp3) is 0.167. The van der Waals surface area contributed by atoms with E-state index in [9.17, 15) is 0 Å². The first-order valence-corrected chi connectivity index (χ1v) is 9.05. The van der Waals surface area contributed by atoms with Crippen molar-refractivity contribution in [3.63, 3.8) is 0 Å². The lowest BCUT2D eigenvalue weighted by Gasteiger charge is -2.27. The van der Waals surface area contributed by atoms with E-state index < -0.39 is 0 Å². The lowest BCUT2D eigenvalue weighted by atomic mass is 9.75. The van der Waals surface area contributed by atoms with Gasteiger partial charge in [0.25, 0.3) is 0 Å². The minimum absolute atomic E-state index is 0.0483. The summed E-state index contributed by atoms with van der Waals surface area (Å²) in [7, 11) is 0. The van der Waals surface area contributed by atoms with Gasteiger partial charge in [0.15, 0.2) is 0 Å². The van der Waals surface area contributed by atoms with Crippen molar-refractivity contribution < 1.29 is 0 Å². The number of aromatic nitrogens is 2. The summed E-state index contributed by atoms with van der Waals surface area (Å²) in [5.74, 6) is 0. The van der Waals surface area contributed by atoms with E-state index in [1.54, 1.807) is 12.4 Å². The highest BCUT2D eigenvalue weighted by Gasteiger charge is 2.46. The number of allylic oxidation sites excluding steroid dienone is 2. The molecule has 0 saturated carbocycles. The van der Waals surface area contributed by atoms with Gasteiger partial charge < -0.3 is 0 Å². The highest BCUT2D eigenvalue weighted by atomic mass is 14.7. The van der Waals surface area contributed by atoms with Crippen molar-refractivity contribution >= 4 is 12.7 Å². The molecule has 2 aliphatic carbocycles. The van der Waals surface area contributed by atoms with Gasteiger partial charge in [-0.2, -0.15) is 0 Å². The first kappa shape index (κ1) is 15.3. The molecule has 0 N–H and O–H groups in total. The Hall–Kier alpha value is -3.00. The molecular weight excluding hydrogens is 316 g/mol. The highest BCUT2D eigenvalue weighted by Crippen LogP contribution is 2.58. The van der Waals surface area contributed by atoms with Crippen LogP contribution in [0.25, 0.3) is 23.8 Å². The van der Waals surface area contributed by atoms with Crippen LogP contribution in [0.5, 0.6) is 0 Å². The average molecular weight is 336 g/mol. The second-order valence-corrected chi connectivity index (χ2v) is 7.37. The molecule has 1 heterocycles. The van der Waals surface area contributed by atoms with Gasteiger partial charge in [-0.3, -0.25) is 9.97 Å². The smallest absolute Gasteiger partial charge is 0.0883 e. The van der Waals surface area contributed by atoms with E-state index in [4.69, 9.17) is 0 Å². The van der Waals surface area contributed by atoms with Crippen LogP contribution in [0.1, 0.15) is 30.9 Å². The molecule has 126 valence electrons. The van der Waals surface area contributed by atoms with E-state index in [2.05, 4.69) is 78.1 Å². The summed E-state index contributed by atoms with van der Waals surface area (Å²) in [5, 5.41) is 1.61. The number of benzene rings is 2. The minimum atomic E-state index is 0.0483. The quantitative estimate of drug-likeness (QED) is 0.676. The van der Waals surface area contributed by atoms with E-state index in [0.29, 0.717) is 0 Å². The van der Waals surface area contributed by atoms with E-state index in [-0.39, 0.29) is 5.41 Å². The molecular formula is C24H20N2. The number of fused-ring (bicyclic) bond motifs is 5. The van der Waals surface area contributed by atoms with Crippen LogP contribution in [0.2, 0.25) is 0 Å². The van der Waals surface area contributed by atoms with Crippen LogP contribution in [0, 0.1) is 0 Å². The van der Waals surface area contributed by atoms with Crippen LogP contribution < -0.4 is 10.7 Å². The highest BCUT2D eigenvalue weighted by molar-refractivity contribution is 5.82. The van der Waals surface area contributed by atoms with Crippen LogP contribution in [0.3, 0.4) is 0 Å². The number of rotatable bonds is 1. The van der Waals surface area contributed by atoms with Crippen molar-refractivity contribution in [2.45, 2.75) is 25.2 Å². The molecule has 0 radical (unpaired) electrons. The van der Waals surface area contributed by atoms with Gasteiger partial charge >= 0.3 is 0 Å². The van der Waals surface area contributed by atoms with Crippen molar-refractivity contribution in [3.05, 3.63) is 93.9 Å². The van der Waals surface area contributed by atoms with Gasteiger partial charge in [0, 0.05) is 17.8 Å². The second-order valence-electron chi connectivity index (χ2n) is 7.37. The molecule has 0 atom stereocenters. The van der Waals surface area contributed by atoms with Gasteiger partial charge in [-0.1, -0.05) is 60.7 Å². The molecule has 0 saturated heterocycles. The maximum Gasteiger partial charge on any atom is 0.0883 e. The molecule has 0 fully saturated rings. The Labute approximate surface area is 153 Å². The Balaban J connectivity index is 1.69. The topological polar surface area (TPSA) is 25.8 Å². The van der Waals surface area contributed by atoms with E-state index in [1.165, 1.54) is 33.4 Å². The summed E-state index contributed by atoms with van der Waals surface area (Å²) in [5.41, 5.74) is 8.52. The molecule has 2 aliphatic rings. The normalized spacial score (nSPS) is 17.7. The zero-order valence-corrected chi connectivity index (χ0v) is 14.9. The monoisotopic (exact) mass is 336 g/mol. The van der Waals surface area contributed by atoms with Crippen LogP contribution in [-0.2, 0) is 5.41 Å². The lowest BCUT2D eigenvalue weighted by molar-refractivity contribution is 0.561. The predicted molar refractivity (Wildman–Crippen MR) is 106 cm³/mol. The fourth-order valence-electron chi connectivity index (χ4n) is 4.74. The van der Waals surface area contributed by atoms with Gasteiger partial charge in [0.05, 0.1) is 10.7 Å². The third-order valence-electron chi connectivity index (χ3n) is 5.90. The average Bonchev–Trinajstić information content (AvgIpc) is 3.14. The van der Waals surface area contributed by atoms with Gasteiger partial charge in [0.1, 0.15) is 0 Å². The largest absolute Gasteiger partial charge is 0.254 e. The molecule has 26 heavy (non-hydrogen) atoms. The molecule has 0 unspecified atom stereocenters. The van der Waals surface area contributed by atoms with Gasteiger partial charge in [-0.25, -0.2) is 0 Å². The summed E-state index contributed by atoms with van der Waals surface area (Å²) >= 11 is 0. The Bertz CT molecular complexity index is 1130. The molecule has 2 aromatic carbocycles. The molecule has 1 aromatic heterocycles. The third-order valence-corrected chi connectivity index (χ3v) is 5.90. The fourth-order valence-corrected chi connectivity index (χ4v) is 4.74. The Morgan fingerprint density at radius 1 is 0.885 bits per heavy atom. The molecule has 2 nitrogen and oxygen atoms in total. The van der Waals surface area contributed by atoms with Crippen LogP contribution in [0.4, 0.5) is 0 Å². The van der Waals surface area contributed by atoms with Crippen molar-refractivity contribution in [3.8, 4) is 11.1 Å². The van der Waals surface area contributed by atoms with Crippen molar-refractivity contribution in [2.24, 2.45) is 0 Å².